The van der Waals surface area contributed by atoms with Gasteiger partial charge in [0, 0.05) is 18.5 Å². The van der Waals surface area contributed by atoms with Gasteiger partial charge in [0.2, 0.25) is 0 Å². The minimum absolute atomic E-state index is 0.0482. The highest BCUT2D eigenvalue weighted by Crippen LogP contribution is 2.43. The average molecular weight is 579 g/mol. The Kier molecular flexibility index (Phi) is 10.5. The Hall–Kier alpha value is -3.52. The molecule has 0 bridgehead atoms. The molecule has 2 heterocycles. The number of aliphatic hydroxyl groups is 1. The van der Waals surface area contributed by atoms with E-state index in [2.05, 4.69) is 32.6 Å². The summed E-state index contributed by atoms with van der Waals surface area (Å²) in [5.41, 5.74) is 2.25. The van der Waals surface area contributed by atoms with Crippen LogP contribution in [0, 0.1) is 5.92 Å². The summed E-state index contributed by atoms with van der Waals surface area (Å²) in [6.45, 7) is 16.4. The molecule has 2 atom stereocenters. The number of rotatable bonds is 14. The first-order valence-corrected chi connectivity index (χ1v) is 15.4. The van der Waals surface area contributed by atoms with Gasteiger partial charge in [-0.15, -0.1) is 0 Å². The summed E-state index contributed by atoms with van der Waals surface area (Å²) >= 11 is 0. The summed E-state index contributed by atoms with van der Waals surface area (Å²) < 4.78 is 17.8. The molecule has 0 aromatic heterocycles. The Morgan fingerprint density at radius 3 is 2.52 bits per heavy atom. The highest BCUT2D eigenvalue weighted by Gasteiger charge is 2.46. The monoisotopic (exact) mass is 578 g/mol. The number of ketones is 1. The Balaban J connectivity index is 1.75. The molecule has 2 aliphatic heterocycles. The first kappa shape index (κ1) is 31.4. The quantitative estimate of drug-likeness (QED) is 0.167. The summed E-state index contributed by atoms with van der Waals surface area (Å²) in [6.07, 6.45) is 2.38. The van der Waals surface area contributed by atoms with Crippen molar-refractivity contribution >= 4 is 17.4 Å². The van der Waals surface area contributed by atoms with E-state index in [0.29, 0.717) is 54.7 Å². The van der Waals surface area contributed by atoms with Gasteiger partial charge in [-0.3, -0.25) is 9.59 Å². The average Bonchev–Trinajstić information content (AvgIpc) is 3.46. The maximum atomic E-state index is 13.6. The van der Waals surface area contributed by atoms with Crippen LogP contribution in [0.1, 0.15) is 77.1 Å². The fraction of sp³-hybridized carbons (Fsp3) is 0.529. The second kappa shape index (κ2) is 14.1. The van der Waals surface area contributed by atoms with Gasteiger partial charge >= 0.3 is 0 Å². The normalized spacial score (nSPS) is 19.5. The molecule has 0 aliphatic carbocycles. The predicted molar refractivity (Wildman–Crippen MR) is 164 cm³/mol. The molecule has 1 amide bonds. The maximum Gasteiger partial charge on any atom is 0.295 e. The van der Waals surface area contributed by atoms with Gasteiger partial charge in [0.05, 0.1) is 24.8 Å². The number of fused-ring (bicyclic) bond motifs is 1. The van der Waals surface area contributed by atoms with Crippen molar-refractivity contribution in [2.75, 3.05) is 39.4 Å². The van der Waals surface area contributed by atoms with Crippen molar-refractivity contribution in [3.05, 3.63) is 58.7 Å². The number of Topliss-reactive ketones (excluding diaryl/α,β-unsaturated/α-hetero) is 1. The van der Waals surface area contributed by atoms with Crippen LogP contribution < -0.4 is 14.2 Å². The van der Waals surface area contributed by atoms with Gasteiger partial charge in [0.25, 0.3) is 11.7 Å². The molecule has 228 valence electrons. The zero-order valence-electron chi connectivity index (χ0n) is 25.9. The van der Waals surface area contributed by atoms with Crippen LogP contribution in [0.2, 0.25) is 0 Å². The third kappa shape index (κ3) is 6.92. The van der Waals surface area contributed by atoms with Crippen LogP contribution in [0.3, 0.4) is 0 Å². The third-order valence-corrected chi connectivity index (χ3v) is 8.01. The van der Waals surface area contributed by atoms with Crippen molar-refractivity contribution in [1.82, 2.24) is 9.80 Å². The van der Waals surface area contributed by atoms with E-state index in [4.69, 9.17) is 14.2 Å². The molecule has 4 rings (SSSR count). The zero-order chi connectivity index (χ0) is 30.4. The van der Waals surface area contributed by atoms with Crippen LogP contribution in [0.5, 0.6) is 17.2 Å². The number of hydrogen-bond donors (Lipinski definition) is 1. The highest BCUT2D eigenvalue weighted by atomic mass is 16.5. The Morgan fingerprint density at radius 2 is 1.83 bits per heavy atom. The fourth-order valence-corrected chi connectivity index (χ4v) is 5.67. The lowest BCUT2D eigenvalue weighted by molar-refractivity contribution is -0.140. The van der Waals surface area contributed by atoms with E-state index in [-0.39, 0.29) is 17.4 Å². The number of benzene rings is 2. The third-order valence-electron chi connectivity index (χ3n) is 8.01. The number of carbonyl (C=O) groups is 2. The molecule has 0 unspecified atom stereocenters. The molecule has 8 heteroatoms. The number of ether oxygens (including phenoxy) is 3. The lowest BCUT2D eigenvalue weighted by Gasteiger charge is -2.27. The molecule has 1 N–H and O–H groups in total. The minimum atomic E-state index is -0.756. The van der Waals surface area contributed by atoms with Gasteiger partial charge in [-0.05, 0) is 93.7 Å². The van der Waals surface area contributed by atoms with Crippen molar-refractivity contribution in [3.8, 4) is 17.2 Å². The SMILES string of the molecule is CCOc1cc([C@H]2/C(=C(\O)c3ccc4c(c3)C[C@H](C)O4)C(=O)C(=O)N2CCCN(CC)CC)ccc1OCCC(C)C. The lowest BCUT2D eigenvalue weighted by Crippen LogP contribution is -2.33. The molecule has 2 aromatic carbocycles. The second-order valence-corrected chi connectivity index (χ2v) is 11.5. The summed E-state index contributed by atoms with van der Waals surface area (Å²) in [4.78, 5) is 31.0. The van der Waals surface area contributed by atoms with Crippen LogP contribution >= 0.6 is 0 Å². The van der Waals surface area contributed by atoms with Gasteiger partial charge in [-0.25, -0.2) is 0 Å². The summed E-state index contributed by atoms with van der Waals surface area (Å²) in [6, 6.07) is 10.2. The molecule has 1 fully saturated rings. The Labute approximate surface area is 250 Å². The molecule has 2 aliphatic rings. The van der Waals surface area contributed by atoms with E-state index in [9.17, 15) is 14.7 Å². The van der Waals surface area contributed by atoms with E-state index < -0.39 is 17.7 Å². The van der Waals surface area contributed by atoms with Gasteiger partial charge in [0.1, 0.15) is 17.6 Å². The van der Waals surface area contributed by atoms with E-state index in [1.807, 2.05) is 44.2 Å². The lowest BCUT2D eigenvalue weighted by atomic mass is 9.94. The molecule has 0 radical (unpaired) electrons. The zero-order valence-corrected chi connectivity index (χ0v) is 25.9. The van der Waals surface area contributed by atoms with E-state index in [1.165, 1.54) is 0 Å². The number of carbonyl (C=O) groups excluding carboxylic acids is 2. The van der Waals surface area contributed by atoms with E-state index in [1.54, 1.807) is 11.0 Å². The molecular weight excluding hydrogens is 532 g/mol. The van der Waals surface area contributed by atoms with Crippen LogP contribution in [-0.2, 0) is 16.0 Å². The first-order valence-electron chi connectivity index (χ1n) is 15.4. The topological polar surface area (TPSA) is 88.5 Å². The maximum absolute atomic E-state index is 13.6. The van der Waals surface area contributed by atoms with Crippen LogP contribution in [-0.4, -0.2) is 72.1 Å². The second-order valence-electron chi connectivity index (χ2n) is 11.5. The van der Waals surface area contributed by atoms with E-state index in [0.717, 1.165) is 43.8 Å². The molecule has 8 nitrogen and oxygen atoms in total. The standard InChI is InChI=1S/C34H46N2O6/c1-7-35(8-2)16-10-17-36-31(24-11-14-28(29(21-24)40-9-3)41-18-15-22(4)5)30(33(38)34(36)39)32(37)25-12-13-27-26(20-25)19-23(6)42-27/h11-14,20-23,31,37H,7-10,15-19H2,1-6H3/b32-30+/t23-,31-/m0/s1. The van der Waals surface area contributed by atoms with Crippen molar-refractivity contribution in [2.45, 2.75) is 73.0 Å². The number of aliphatic hydroxyl groups excluding tert-OH is 1. The predicted octanol–water partition coefficient (Wildman–Crippen LogP) is 5.99. The van der Waals surface area contributed by atoms with Crippen molar-refractivity contribution in [1.29, 1.82) is 0 Å². The van der Waals surface area contributed by atoms with Crippen molar-refractivity contribution < 1.29 is 28.9 Å². The summed E-state index contributed by atoms with van der Waals surface area (Å²) in [7, 11) is 0. The molecular formula is C34H46N2O6. The highest BCUT2D eigenvalue weighted by molar-refractivity contribution is 6.46. The van der Waals surface area contributed by atoms with Gasteiger partial charge in [0.15, 0.2) is 11.5 Å². The molecule has 2 aromatic rings. The van der Waals surface area contributed by atoms with Crippen LogP contribution in [0.25, 0.3) is 5.76 Å². The van der Waals surface area contributed by atoms with Gasteiger partial charge < -0.3 is 29.1 Å². The fourth-order valence-electron chi connectivity index (χ4n) is 5.67. The minimum Gasteiger partial charge on any atom is -0.507 e. The van der Waals surface area contributed by atoms with Gasteiger partial charge in [-0.1, -0.05) is 33.8 Å². The number of hydrogen-bond acceptors (Lipinski definition) is 7. The first-order chi connectivity index (χ1) is 20.2. The van der Waals surface area contributed by atoms with E-state index >= 15 is 0 Å². The van der Waals surface area contributed by atoms with Gasteiger partial charge in [-0.2, -0.15) is 0 Å². The number of amides is 1. The summed E-state index contributed by atoms with van der Waals surface area (Å²) in [5, 5.41) is 11.6. The Morgan fingerprint density at radius 1 is 1.07 bits per heavy atom. The van der Waals surface area contributed by atoms with Crippen molar-refractivity contribution in [3.63, 3.8) is 0 Å². The number of likely N-dealkylation sites (tertiary alicyclic amines) is 1. The Bertz CT molecular complexity index is 1300. The summed E-state index contributed by atoms with van der Waals surface area (Å²) in [5.74, 6) is 0.993. The van der Waals surface area contributed by atoms with Crippen LogP contribution in [0.4, 0.5) is 0 Å². The number of nitrogens with zero attached hydrogens (tertiary/aromatic N) is 2. The molecule has 0 saturated carbocycles. The largest absolute Gasteiger partial charge is 0.507 e. The molecule has 1 saturated heterocycles. The smallest absolute Gasteiger partial charge is 0.295 e. The molecule has 42 heavy (non-hydrogen) atoms. The van der Waals surface area contributed by atoms with Crippen LogP contribution in [0.15, 0.2) is 42.0 Å². The van der Waals surface area contributed by atoms with Crippen molar-refractivity contribution in [2.24, 2.45) is 5.92 Å². The molecule has 0 spiro atoms.